The van der Waals surface area contributed by atoms with Gasteiger partial charge in [-0.25, -0.2) is 4.79 Å². The zero-order chi connectivity index (χ0) is 11.7. The summed E-state index contributed by atoms with van der Waals surface area (Å²) >= 11 is 0. The zero-order valence-corrected chi connectivity index (χ0v) is 8.96. The lowest BCUT2D eigenvalue weighted by Gasteiger charge is -1.98. The van der Waals surface area contributed by atoms with Crippen molar-refractivity contribution < 1.29 is 9.53 Å². The molecule has 1 aliphatic rings. The van der Waals surface area contributed by atoms with E-state index in [4.69, 9.17) is 4.74 Å². The lowest BCUT2D eigenvalue weighted by Crippen LogP contribution is -1.92. The summed E-state index contributed by atoms with van der Waals surface area (Å²) in [7, 11) is 0. The molecule has 3 heteroatoms. The van der Waals surface area contributed by atoms with Gasteiger partial charge in [0.25, 0.3) is 0 Å². The van der Waals surface area contributed by atoms with Crippen LogP contribution in [0.1, 0.15) is 21.5 Å². The monoisotopic (exact) mass is 223 g/mol. The van der Waals surface area contributed by atoms with E-state index in [1.165, 1.54) is 0 Å². The fourth-order valence-electron chi connectivity index (χ4n) is 1.81. The van der Waals surface area contributed by atoms with Crippen LogP contribution < -0.4 is 0 Å². The van der Waals surface area contributed by atoms with Gasteiger partial charge >= 0.3 is 5.97 Å². The number of fused-ring (bicyclic) bond motifs is 1. The van der Waals surface area contributed by atoms with Crippen molar-refractivity contribution in [2.45, 2.75) is 0 Å². The number of pyridine rings is 1. The molecule has 0 unspecified atom stereocenters. The van der Waals surface area contributed by atoms with Crippen LogP contribution in [0.5, 0.6) is 0 Å². The van der Waals surface area contributed by atoms with Crippen LogP contribution in [-0.4, -0.2) is 11.0 Å². The third-order valence-corrected chi connectivity index (χ3v) is 2.60. The van der Waals surface area contributed by atoms with Crippen molar-refractivity contribution in [2.24, 2.45) is 0 Å². The molecule has 1 aliphatic heterocycles. The van der Waals surface area contributed by atoms with Crippen LogP contribution >= 0.6 is 0 Å². The van der Waals surface area contributed by atoms with Crippen molar-refractivity contribution in [2.75, 3.05) is 0 Å². The van der Waals surface area contributed by atoms with Crippen molar-refractivity contribution in [3.05, 3.63) is 65.5 Å². The lowest BCUT2D eigenvalue weighted by atomic mass is 10.1. The van der Waals surface area contributed by atoms with Gasteiger partial charge in [-0.05, 0) is 23.8 Å². The number of benzene rings is 1. The standard InChI is InChI=1S/C14H9NO2/c16-14-12-6-2-1-5-11(12)13(17-14)8-10-4-3-7-15-9-10/h1-9H/b13-8+. The number of aromatic nitrogens is 1. The highest BCUT2D eigenvalue weighted by Gasteiger charge is 2.25. The predicted molar refractivity (Wildman–Crippen MR) is 64.0 cm³/mol. The van der Waals surface area contributed by atoms with Gasteiger partial charge in [0.05, 0.1) is 5.56 Å². The van der Waals surface area contributed by atoms with E-state index < -0.39 is 0 Å². The van der Waals surface area contributed by atoms with Crippen LogP contribution in [0.25, 0.3) is 11.8 Å². The molecule has 0 fully saturated rings. The fourth-order valence-corrected chi connectivity index (χ4v) is 1.81. The first-order valence-corrected chi connectivity index (χ1v) is 5.28. The van der Waals surface area contributed by atoms with Gasteiger partial charge in [0.15, 0.2) is 0 Å². The molecular formula is C14H9NO2. The normalized spacial score (nSPS) is 15.8. The molecule has 3 nitrogen and oxygen atoms in total. The third-order valence-electron chi connectivity index (χ3n) is 2.60. The molecule has 0 radical (unpaired) electrons. The minimum atomic E-state index is -0.296. The molecule has 1 aromatic carbocycles. The summed E-state index contributed by atoms with van der Waals surface area (Å²) in [4.78, 5) is 15.6. The van der Waals surface area contributed by atoms with Crippen molar-refractivity contribution in [1.29, 1.82) is 0 Å². The minimum absolute atomic E-state index is 0.296. The average Bonchev–Trinajstić information content (AvgIpc) is 2.69. The SMILES string of the molecule is O=C1O/C(=C/c2cccnc2)c2ccccc21. The Kier molecular flexibility index (Phi) is 2.22. The van der Waals surface area contributed by atoms with E-state index in [-0.39, 0.29) is 5.97 Å². The highest BCUT2D eigenvalue weighted by atomic mass is 16.5. The molecule has 17 heavy (non-hydrogen) atoms. The number of esters is 1. The number of carbonyl (C=O) groups is 1. The van der Waals surface area contributed by atoms with Crippen LogP contribution in [0.15, 0.2) is 48.8 Å². The summed E-state index contributed by atoms with van der Waals surface area (Å²) in [6.07, 6.45) is 5.25. The maximum atomic E-state index is 11.6. The Balaban J connectivity index is 2.08. The fraction of sp³-hybridized carbons (Fsp3) is 0. The largest absolute Gasteiger partial charge is 0.422 e. The van der Waals surface area contributed by atoms with Gasteiger partial charge in [0, 0.05) is 18.0 Å². The summed E-state index contributed by atoms with van der Waals surface area (Å²) in [5.41, 5.74) is 2.36. The first kappa shape index (κ1) is 9.78. The quantitative estimate of drug-likeness (QED) is 0.698. The van der Waals surface area contributed by atoms with E-state index in [0.717, 1.165) is 11.1 Å². The van der Waals surface area contributed by atoms with Crippen molar-refractivity contribution in [1.82, 2.24) is 4.98 Å². The first-order chi connectivity index (χ1) is 8.34. The number of carbonyl (C=O) groups excluding carboxylic acids is 1. The molecule has 0 amide bonds. The van der Waals surface area contributed by atoms with Gasteiger partial charge in [-0.1, -0.05) is 24.3 Å². The molecule has 0 spiro atoms. The van der Waals surface area contributed by atoms with E-state index in [2.05, 4.69) is 4.98 Å². The lowest BCUT2D eigenvalue weighted by molar-refractivity contribution is 0.0717. The number of nitrogens with zero attached hydrogens (tertiary/aromatic N) is 1. The molecule has 2 aromatic rings. The topological polar surface area (TPSA) is 39.2 Å². The summed E-state index contributed by atoms with van der Waals surface area (Å²) in [6, 6.07) is 11.1. The van der Waals surface area contributed by atoms with E-state index in [1.54, 1.807) is 18.5 Å². The van der Waals surface area contributed by atoms with Gasteiger partial charge in [-0.3, -0.25) is 4.98 Å². The molecule has 0 aliphatic carbocycles. The van der Waals surface area contributed by atoms with Crippen molar-refractivity contribution in [3.63, 3.8) is 0 Å². The van der Waals surface area contributed by atoms with E-state index in [1.807, 2.05) is 36.4 Å². The molecule has 0 saturated heterocycles. The van der Waals surface area contributed by atoms with Crippen LogP contribution in [0.4, 0.5) is 0 Å². The molecule has 82 valence electrons. The minimum Gasteiger partial charge on any atom is -0.422 e. The second-order valence-corrected chi connectivity index (χ2v) is 3.73. The Morgan fingerprint density at radius 3 is 2.65 bits per heavy atom. The van der Waals surface area contributed by atoms with E-state index in [9.17, 15) is 4.79 Å². The van der Waals surface area contributed by atoms with E-state index in [0.29, 0.717) is 11.3 Å². The van der Waals surface area contributed by atoms with Gasteiger partial charge in [-0.15, -0.1) is 0 Å². The molecule has 0 bridgehead atoms. The maximum Gasteiger partial charge on any atom is 0.344 e. The number of ether oxygens (including phenoxy) is 1. The Morgan fingerprint density at radius 2 is 1.88 bits per heavy atom. The predicted octanol–water partition coefficient (Wildman–Crippen LogP) is 2.75. The van der Waals surface area contributed by atoms with Crippen molar-refractivity contribution >= 4 is 17.8 Å². The molecule has 2 heterocycles. The van der Waals surface area contributed by atoms with Crippen LogP contribution in [0.3, 0.4) is 0 Å². The van der Waals surface area contributed by atoms with Crippen LogP contribution in [0.2, 0.25) is 0 Å². The summed E-state index contributed by atoms with van der Waals surface area (Å²) in [5, 5.41) is 0. The maximum absolute atomic E-state index is 11.6. The number of cyclic esters (lactones) is 1. The Hall–Kier alpha value is -2.42. The second-order valence-electron chi connectivity index (χ2n) is 3.73. The number of hydrogen-bond acceptors (Lipinski definition) is 3. The Morgan fingerprint density at radius 1 is 1.06 bits per heavy atom. The molecule has 0 atom stereocenters. The average molecular weight is 223 g/mol. The van der Waals surface area contributed by atoms with Gasteiger partial charge in [0.2, 0.25) is 0 Å². The number of rotatable bonds is 1. The van der Waals surface area contributed by atoms with Crippen molar-refractivity contribution in [3.8, 4) is 0 Å². The van der Waals surface area contributed by atoms with Crippen LogP contribution in [-0.2, 0) is 4.74 Å². The van der Waals surface area contributed by atoms with Gasteiger partial charge < -0.3 is 4.74 Å². The zero-order valence-electron chi connectivity index (χ0n) is 8.96. The Bertz CT molecular complexity index is 603. The summed E-state index contributed by atoms with van der Waals surface area (Å²) < 4.78 is 5.23. The highest BCUT2D eigenvalue weighted by Crippen LogP contribution is 2.30. The molecule has 3 rings (SSSR count). The number of hydrogen-bond donors (Lipinski definition) is 0. The van der Waals surface area contributed by atoms with Gasteiger partial charge in [-0.2, -0.15) is 0 Å². The first-order valence-electron chi connectivity index (χ1n) is 5.28. The van der Waals surface area contributed by atoms with Crippen LogP contribution in [0, 0.1) is 0 Å². The molecule has 0 N–H and O–H groups in total. The van der Waals surface area contributed by atoms with E-state index >= 15 is 0 Å². The van der Waals surface area contributed by atoms with Gasteiger partial charge in [0.1, 0.15) is 5.76 Å². The Labute approximate surface area is 98.4 Å². The smallest absolute Gasteiger partial charge is 0.344 e. The molecule has 0 saturated carbocycles. The molecular weight excluding hydrogens is 214 g/mol. The summed E-state index contributed by atoms with van der Waals surface area (Å²) in [6.45, 7) is 0. The highest BCUT2D eigenvalue weighted by molar-refractivity contribution is 6.05. The third kappa shape index (κ3) is 1.72. The molecule has 1 aromatic heterocycles. The summed E-state index contributed by atoms with van der Waals surface area (Å²) in [5.74, 6) is 0.286. The second kappa shape index (κ2) is 3.87.